The highest BCUT2D eigenvalue weighted by atomic mass is 16.5. The number of benzene rings is 5. The highest BCUT2D eigenvalue weighted by Gasteiger charge is 2.23. The standard InChI is InChI=1S/C40H33N4O/c1-40(2,3)28-23-30(43-27-42(29-13-5-4-6-14-29)36-17-9-10-18-37(36)43)25-32(24-28)45-31-20-21-34-33-15-7-8-16-35(33)44(38(34)26-31)39-19-11-12-22-41-39/h4-27H,1-3H3/q+1. The molecule has 0 atom stereocenters. The van der Waals surface area contributed by atoms with Crippen LogP contribution in [0.15, 0.2) is 146 Å². The molecule has 3 aromatic heterocycles. The first kappa shape index (κ1) is 26.9. The molecule has 0 aliphatic heterocycles. The van der Waals surface area contributed by atoms with Crippen LogP contribution >= 0.6 is 0 Å². The van der Waals surface area contributed by atoms with Gasteiger partial charge in [0.15, 0.2) is 11.0 Å². The van der Waals surface area contributed by atoms with Gasteiger partial charge in [0.25, 0.3) is 6.33 Å². The van der Waals surface area contributed by atoms with Crippen molar-refractivity contribution < 1.29 is 9.30 Å². The number of ether oxygens (including phenoxy) is 1. The number of fused-ring (bicyclic) bond motifs is 4. The lowest BCUT2D eigenvalue weighted by Gasteiger charge is -2.20. The summed E-state index contributed by atoms with van der Waals surface area (Å²) in [6, 6.07) is 46.4. The third kappa shape index (κ3) is 4.74. The Kier molecular flexibility index (Phi) is 6.27. The summed E-state index contributed by atoms with van der Waals surface area (Å²) in [6.45, 7) is 6.72. The van der Waals surface area contributed by atoms with E-state index in [-0.39, 0.29) is 5.41 Å². The van der Waals surface area contributed by atoms with E-state index in [2.05, 4.69) is 155 Å². The Morgan fingerprint density at radius 3 is 2.16 bits per heavy atom. The van der Waals surface area contributed by atoms with Gasteiger partial charge in [-0.2, -0.15) is 9.13 Å². The van der Waals surface area contributed by atoms with Gasteiger partial charge in [0.1, 0.15) is 28.7 Å². The van der Waals surface area contributed by atoms with Crippen LogP contribution in [-0.2, 0) is 5.41 Å². The summed E-state index contributed by atoms with van der Waals surface area (Å²) < 4.78 is 13.4. The predicted molar refractivity (Wildman–Crippen MR) is 182 cm³/mol. The molecule has 0 amide bonds. The van der Waals surface area contributed by atoms with Crippen molar-refractivity contribution in [1.29, 1.82) is 0 Å². The quantitative estimate of drug-likeness (QED) is 0.189. The molecule has 45 heavy (non-hydrogen) atoms. The maximum Gasteiger partial charge on any atom is 0.255 e. The third-order valence-electron chi connectivity index (χ3n) is 8.46. The Morgan fingerprint density at radius 2 is 1.36 bits per heavy atom. The fraction of sp³-hybridized carbons (Fsp3) is 0.100. The first-order valence-corrected chi connectivity index (χ1v) is 15.3. The van der Waals surface area contributed by atoms with Crippen LogP contribution in [0.1, 0.15) is 26.3 Å². The predicted octanol–water partition coefficient (Wildman–Crippen LogP) is 9.49. The number of pyridine rings is 1. The summed E-state index contributed by atoms with van der Waals surface area (Å²) in [6.07, 6.45) is 4.01. The van der Waals surface area contributed by atoms with E-state index < -0.39 is 0 Å². The second-order valence-electron chi connectivity index (χ2n) is 12.5. The first-order valence-electron chi connectivity index (χ1n) is 15.3. The first-order chi connectivity index (χ1) is 21.9. The van der Waals surface area contributed by atoms with Crippen LogP contribution in [0.3, 0.4) is 0 Å². The van der Waals surface area contributed by atoms with Gasteiger partial charge < -0.3 is 4.74 Å². The summed E-state index contributed by atoms with van der Waals surface area (Å²) in [5.74, 6) is 2.45. The maximum atomic E-state index is 6.72. The molecule has 8 aromatic rings. The number of hydrogen-bond donors (Lipinski definition) is 0. The molecule has 5 heteroatoms. The molecule has 5 aromatic carbocycles. The SMILES string of the molecule is CC(C)(C)c1cc(Oc2ccc3c4ccccc4n(-c4ccccn4)c3c2)cc(-n2c[n+](-c3ccccc3)c3ccccc32)c1. The van der Waals surface area contributed by atoms with Crippen molar-refractivity contribution >= 4 is 32.8 Å². The van der Waals surface area contributed by atoms with E-state index in [1.54, 1.807) is 0 Å². The topological polar surface area (TPSA) is 35.9 Å². The highest BCUT2D eigenvalue weighted by Crippen LogP contribution is 2.37. The van der Waals surface area contributed by atoms with Crippen LogP contribution in [0.5, 0.6) is 11.5 Å². The lowest BCUT2D eigenvalue weighted by Crippen LogP contribution is -2.28. The van der Waals surface area contributed by atoms with Crippen LogP contribution in [0, 0.1) is 0 Å². The minimum absolute atomic E-state index is 0.0815. The molecule has 218 valence electrons. The molecule has 0 aliphatic rings. The van der Waals surface area contributed by atoms with Gasteiger partial charge in [-0.1, -0.05) is 75.4 Å². The molecule has 0 aliphatic carbocycles. The lowest BCUT2D eigenvalue weighted by molar-refractivity contribution is -0.567. The summed E-state index contributed by atoms with van der Waals surface area (Å²) in [4.78, 5) is 4.69. The molecule has 0 bridgehead atoms. The molecule has 8 rings (SSSR count). The van der Waals surface area contributed by atoms with Crippen LogP contribution in [0.25, 0.3) is 50.0 Å². The third-order valence-corrected chi connectivity index (χ3v) is 8.46. The molecule has 0 N–H and O–H groups in total. The van der Waals surface area contributed by atoms with E-state index in [1.165, 1.54) is 10.9 Å². The fourth-order valence-corrected chi connectivity index (χ4v) is 6.21. The van der Waals surface area contributed by atoms with Crippen molar-refractivity contribution in [1.82, 2.24) is 14.1 Å². The van der Waals surface area contributed by atoms with Crippen LogP contribution in [0.2, 0.25) is 0 Å². The molecular formula is C40H33N4O+. The highest BCUT2D eigenvalue weighted by molar-refractivity contribution is 6.09. The number of hydrogen-bond acceptors (Lipinski definition) is 2. The van der Waals surface area contributed by atoms with Gasteiger partial charge in [-0.05, 0) is 77.7 Å². The van der Waals surface area contributed by atoms with E-state index >= 15 is 0 Å². The monoisotopic (exact) mass is 585 g/mol. The zero-order valence-electron chi connectivity index (χ0n) is 25.6. The minimum Gasteiger partial charge on any atom is -0.457 e. The Morgan fingerprint density at radius 1 is 0.622 bits per heavy atom. The van der Waals surface area contributed by atoms with E-state index in [9.17, 15) is 0 Å². The summed E-state index contributed by atoms with van der Waals surface area (Å²) >= 11 is 0. The second-order valence-corrected chi connectivity index (χ2v) is 12.5. The molecule has 0 saturated heterocycles. The molecule has 0 fully saturated rings. The number of nitrogens with zero attached hydrogens (tertiary/aromatic N) is 4. The van der Waals surface area contributed by atoms with E-state index in [4.69, 9.17) is 4.74 Å². The Balaban J connectivity index is 1.28. The van der Waals surface area contributed by atoms with Gasteiger partial charge in [-0.15, -0.1) is 0 Å². The number of imidazole rings is 1. The van der Waals surface area contributed by atoms with Crippen LogP contribution in [0.4, 0.5) is 0 Å². The van der Waals surface area contributed by atoms with Crippen LogP contribution in [-0.4, -0.2) is 14.1 Å². The van der Waals surface area contributed by atoms with E-state index in [0.717, 1.165) is 56.1 Å². The number of para-hydroxylation sites is 4. The average molecular weight is 586 g/mol. The van der Waals surface area contributed by atoms with Gasteiger partial charge in [0, 0.05) is 29.1 Å². The molecule has 0 saturated carbocycles. The van der Waals surface area contributed by atoms with Gasteiger partial charge in [-0.3, -0.25) is 4.57 Å². The lowest BCUT2D eigenvalue weighted by atomic mass is 9.86. The number of aromatic nitrogens is 4. The zero-order valence-corrected chi connectivity index (χ0v) is 25.6. The average Bonchev–Trinajstić information content (AvgIpc) is 3.61. The normalized spacial score (nSPS) is 11.9. The Bertz CT molecular complexity index is 2330. The minimum atomic E-state index is -0.0815. The van der Waals surface area contributed by atoms with Gasteiger partial charge >= 0.3 is 0 Å². The van der Waals surface area contributed by atoms with Crippen LogP contribution < -0.4 is 9.30 Å². The Labute approximate surface area is 262 Å². The summed E-state index contributed by atoms with van der Waals surface area (Å²) in [5.41, 5.74) is 7.72. The molecule has 0 radical (unpaired) electrons. The smallest absolute Gasteiger partial charge is 0.255 e. The summed E-state index contributed by atoms with van der Waals surface area (Å²) in [5, 5.41) is 2.35. The van der Waals surface area contributed by atoms with Gasteiger partial charge in [0.05, 0.1) is 11.0 Å². The zero-order chi connectivity index (χ0) is 30.5. The van der Waals surface area contributed by atoms with Crippen molar-refractivity contribution in [3.05, 3.63) is 152 Å². The van der Waals surface area contributed by atoms with Crippen molar-refractivity contribution in [2.45, 2.75) is 26.2 Å². The van der Waals surface area contributed by atoms with Gasteiger partial charge in [-0.25, -0.2) is 4.98 Å². The molecule has 0 spiro atoms. The molecule has 5 nitrogen and oxygen atoms in total. The van der Waals surface area contributed by atoms with E-state index in [0.29, 0.717) is 0 Å². The maximum absolute atomic E-state index is 6.72. The fourth-order valence-electron chi connectivity index (χ4n) is 6.21. The van der Waals surface area contributed by atoms with Crippen molar-refractivity contribution in [2.24, 2.45) is 0 Å². The molecular weight excluding hydrogens is 552 g/mol. The Hall–Kier alpha value is -5.68. The van der Waals surface area contributed by atoms with Crippen molar-refractivity contribution in [3.8, 4) is 28.7 Å². The number of rotatable bonds is 5. The van der Waals surface area contributed by atoms with Crippen molar-refractivity contribution in [3.63, 3.8) is 0 Å². The van der Waals surface area contributed by atoms with Gasteiger partial charge in [0.2, 0.25) is 0 Å². The molecule has 3 heterocycles. The van der Waals surface area contributed by atoms with E-state index in [1.807, 2.05) is 30.5 Å². The second kappa shape index (κ2) is 10.5. The van der Waals surface area contributed by atoms with Crippen molar-refractivity contribution in [2.75, 3.05) is 0 Å². The molecule has 0 unspecified atom stereocenters. The largest absolute Gasteiger partial charge is 0.457 e. The summed E-state index contributed by atoms with van der Waals surface area (Å²) in [7, 11) is 0.